The summed E-state index contributed by atoms with van der Waals surface area (Å²) in [5, 5.41) is 8.81. The maximum absolute atomic E-state index is 12.4. The van der Waals surface area contributed by atoms with Gasteiger partial charge < -0.3 is 0 Å². The molecule has 0 aliphatic rings. The van der Waals surface area contributed by atoms with Gasteiger partial charge in [0.25, 0.3) is 0 Å². The first-order valence-electron chi connectivity index (χ1n) is 8.97. The van der Waals surface area contributed by atoms with Gasteiger partial charge in [-0.2, -0.15) is 0 Å². The van der Waals surface area contributed by atoms with Crippen LogP contribution in [0.3, 0.4) is 0 Å². The molecular weight excluding hydrogens is 372 g/mol. The van der Waals surface area contributed by atoms with E-state index in [4.69, 9.17) is 0 Å². The molecule has 0 atom stereocenters. The van der Waals surface area contributed by atoms with Crippen molar-refractivity contribution in [1.29, 1.82) is 0 Å². The number of aromatic nitrogens is 5. The van der Waals surface area contributed by atoms with Crippen molar-refractivity contribution in [1.82, 2.24) is 24.4 Å². The number of nitrogens with one attached hydrogen (secondary N) is 1. The summed E-state index contributed by atoms with van der Waals surface area (Å²) < 4.78 is 3.52. The van der Waals surface area contributed by atoms with Gasteiger partial charge >= 0.3 is 0 Å². The highest BCUT2D eigenvalue weighted by Gasteiger charge is 2.12. The number of rotatable bonds is 6. The molecule has 0 radical (unpaired) electrons. The van der Waals surface area contributed by atoms with Crippen LogP contribution in [0.1, 0.15) is 25.3 Å². The Labute approximate surface area is 166 Å². The van der Waals surface area contributed by atoms with Crippen LogP contribution in [0.15, 0.2) is 66.3 Å². The fourth-order valence-electron chi connectivity index (χ4n) is 2.86. The Morgan fingerprint density at radius 2 is 1.89 bits per heavy atom. The van der Waals surface area contributed by atoms with Gasteiger partial charge in [0.15, 0.2) is 5.16 Å². The van der Waals surface area contributed by atoms with Crippen molar-refractivity contribution in [2.45, 2.75) is 24.9 Å². The normalized spacial score (nSPS) is 11.2. The minimum Gasteiger partial charge on any atom is -0.277 e. The van der Waals surface area contributed by atoms with Crippen molar-refractivity contribution >= 4 is 28.7 Å². The minimum atomic E-state index is -0.141. The standard InChI is InChI=1S/C20H20N6OS/c1-14(2)15-7-9-16(10-8-15)25-13-22-23-20(25)28-11-19(27)24-26-12-21-17-5-3-4-6-18(17)26/h3-10,12-14H,11H2,1-2H3,(H,24,27). The molecule has 0 bridgehead atoms. The first-order chi connectivity index (χ1) is 13.6. The van der Waals surface area contributed by atoms with Gasteiger partial charge in [0.05, 0.1) is 16.8 Å². The second kappa shape index (κ2) is 7.85. The molecule has 0 saturated heterocycles. The van der Waals surface area contributed by atoms with Crippen molar-refractivity contribution in [3.8, 4) is 5.69 Å². The van der Waals surface area contributed by atoms with Gasteiger partial charge in [0.1, 0.15) is 12.7 Å². The topological polar surface area (TPSA) is 77.6 Å². The first-order valence-corrected chi connectivity index (χ1v) is 9.95. The number of hydrogen-bond donors (Lipinski definition) is 1. The molecule has 142 valence electrons. The monoisotopic (exact) mass is 392 g/mol. The first kappa shape index (κ1) is 18.2. The van der Waals surface area contributed by atoms with E-state index in [-0.39, 0.29) is 11.7 Å². The molecule has 28 heavy (non-hydrogen) atoms. The molecule has 0 aliphatic heterocycles. The Balaban J connectivity index is 1.43. The summed E-state index contributed by atoms with van der Waals surface area (Å²) in [4.78, 5) is 16.6. The van der Waals surface area contributed by atoms with Crippen LogP contribution in [0.5, 0.6) is 0 Å². The second-order valence-electron chi connectivity index (χ2n) is 6.66. The molecule has 1 amide bonds. The van der Waals surface area contributed by atoms with Gasteiger partial charge in [-0.15, -0.1) is 10.2 Å². The van der Waals surface area contributed by atoms with E-state index >= 15 is 0 Å². The lowest BCUT2D eigenvalue weighted by atomic mass is 10.0. The number of amides is 1. The number of thioether (sulfide) groups is 1. The Hall–Kier alpha value is -3.13. The number of nitrogens with zero attached hydrogens (tertiary/aromatic N) is 5. The fraction of sp³-hybridized carbons (Fsp3) is 0.200. The molecule has 0 saturated carbocycles. The lowest BCUT2D eigenvalue weighted by Crippen LogP contribution is -2.23. The molecule has 0 spiro atoms. The number of benzene rings is 2. The van der Waals surface area contributed by atoms with Crippen LogP contribution >= 0.6 is 11.8 Å². The number of fused-ring (bicyclic) bond motifs is 1. The molecule has 8 heteroatoms. The molecule has 4 rings (SSSR count). The zero-order valence-electron chi connectivity index (χ0n) is 15.6. The molecule has 4 aromatic rings. The number of carbonyl (C=O) groups excluding carboxylic acids is 1. The number of carbonyl (C=O) groups is 1. The van der Waals surface area contributed by atoms with Crippen LogP contribution in [0, 0.1) is 0 Å². The van der Waals surface area contributed by atoms with E-state index < -0.39 is 0 Å². The average Bonchev–Trinajstić information content (AvgIpc) is 3.34. The Kier molecular flexibility index (Phi) is 5.12. The Morgan fingerprint density at radius 1 is 1.11 bits per heavy atom. The molecule has 2 aromatic carbocycles. The zero-order valence-corrected chi connectivity index (χ0v) is 16.4. The molecular formula is C20H20N6OS. The van der Waals surface area contributed by atoms with Gasteiger partial charge in [-0.25, -0.2) is 9.66 Å². The molecule has 7 nitrogen and oxygen atoms in total. The van der Waals surface area contributed by atoms with Crippen molar-refractivity contribution in [3.05, 3.63) is 66.7 Å². The van der Waals surface area contributed by atoms with E-state index in [1.54, 1.807) is 17.3 Å². The smallest absolute Gasteiger partial charge is 0.249 e. The Morgan fingerprint density at radius 3 is 2.68 bits per heavy atom. The molecule has 0 unspecified atom stereocenters. The average molecular weight is 392 g/mol. The third kappa shape index (κ3) is 3.77. The summed E-state index contributed by atoms with van der Waals surface area (Å²) in [7, 11) is 0. The molecule has 0 aliphatic carbocycles. The van der Waals surface area contributed by atoms with Crippen LogP contribution in [0.4, 0.5) is 0 Å². The summed E-state index contributed by atoms with van der Waals surface area (Å²) in [6.07, 6.45) is 3.26. The molecule has 0 fully saturated rings. The van der Waals surface area contributed by atoms with Crippen LogP contribution < -0.4 is 5.43 Å². The summed E-state index contributed by atoms with van der Waals surface area (Å²) in [5.41, 5.74) is 6.78. The summed E-state index contributed by atoms with van der Waals surface area (Å²) in [5.74, 6) is 0.555. The van der Waals surface area contributed by atoms with E-state index in [9.17, 15) is 4.79 Å². The highest BCUT2D eigenvalue weighted by atomic mass is 32.2. The van der Waals surface area contributed by atoms with Crippen LogP contribution in [-0.4, -0.2) is 36.1 Å². The number of imidazole rings is 1. The maximum Gasteiger partial charge on any atom is 0.249 e. The fourth-order valence-corrected chi connectivity index (χ4v) is 3.59. The van der Waals surface area contributed by atoms with Crippen molar-refractivity contribution < 1.29 is 4.79 Å². The predicted molar refractivity (Wildman–Crippen MR) is 110 cm³/mol. The third-order valence-electron chi connectivity index (χ3n) is 4.39. The highest BCUT2D eigenvalue weighted by molar-refractivity contribution is 7.99. The van der Waals surface area contributed by atoms with E-state index in [1.807, 2.05) is 41.0 Å². The number of hydrogen-bond acceptors (Lipinski definition) is 5. The van der Waals surface area contributed by atoms with E-state index in [0.29, 0.717) is 11.1 Å². The zero-order chi connectivity index (χ0) is 19.5. The van der Waals surface area contributed by atoms with Gasteiger partial charge in [-0.1, -0.05) is 49.9 Å². The van der Waals surface area contributed by atoms with Crippen molar-refractivity contribution in [2.75, 3.05) is 11.2 Å². The summed E-state index contributed by atoms with van der Waals surface area (Å²) in [6, 6.07) is 15.9. The second-order valence-corrected chi connectivity index (χ2v) is 7.60. The van der Waals surface area contributed by atoms with Gasteiger partial charge in [-0.05, 0) is 35.7 Å². The number of para-hydroxylation sites is 2. The SMILES string of the molecule is CC(C)c1ccc(-n2cnnc2SCC(=O)Nn2cnc3ccccc32)cc1. The largest absolute Gasteiger partial charge is 0.277 e. The van der Waals surface area contributed by atoms with Crippen molar-refractivity contribution in [3.63, 3.8) is 0 Å². The van der Waals surface area contributed by atoms with Crippen LogP contribution in [0.25, 0.3) is 16.7 Å². The van der Waals surface area contributed by atoms with Gasteiger partial charge in [-0.3, -0.25) is 14.8 Å². The highest BCUT2D eigenvalue weighted by Crippen LogP contribution is 2.22. The van der Waals surface area contributed by atoms with E-state index in [2.05, 4.69) is 46.6 Å². The van der Waals surface area contributed by atoms with Gasteiger partial charge in [0, 0.05) is 5.69 Å². The quantitative estimate of drug-likeness (QED) is 0.507. The lowest BCUT2D eigenvalue weighted by molar-refractivity contribution is -0.114. The van der Waals surface area contributed by atoms with E-state index in [1.165, 1.54) is 17.3 Å². The molecule has 2 heterocycles. The van der Waals surface area contributed by atoms with Crippen LogP contribution in [-0.2, 0) is 4.79 Å². The predicted octanol–water partition coefficient (Wildman–Crippen LogP) is 3.60. The van der Waals surface area contributed by atoms with Gasteiger partial charge in [0.2, 0.25) is 5.91 Å². The molecule has 1 N–H and O–H groups in total. The molecule has 2 aromatic heterocycles. The Bertz CT molecular complexity index is 1100. The summed E-state index contributed by atoms with van der Waals surface area (Å²) in [6.45, 7) is 4.33. The third-order valence-corrected chi connectivity index (χ3v) is 5.33. The maximum atomic E-state index is 12.4. The van der Waals surface area contributed by atoms with Crippen molar-refractivity contribution in [2.24, 2.45) is 0 Å². The van der Waals surface area contributed by atoms with Crippen LogP contribution in [0.2, 0.25) is 0 Å². The minimum absolute atomic E-state index is 0.141. The van der Waals surface area contributed by atoms with E-state index in [0.717, 1.165) is 16.7 Å². The summed E-state index contributed by atoms with van der Waals surface area (Å²) >= 11 is 1.34. The lowest BCUT2D eigenvalue weighted by Gasteiger charge is -2.10.